The summed E-state index contributed by atoms with van der Waals surface area (Å²) in [5.41, 5.74) is 5.39. The zero-order valence-corrected chi connectivity index (χ0v) is 7.66. The zero-order chi connectivity index (χ0) is 10.6. The lowest BCUT2D eigenvalue weighted by Gasteiger charge is -2.03. The van der Waals surface area contributed by atoms with E-state index in [9.17, 15) is 9.18 Å². The molecule has 0 saturated carbocycles. The first-order valence-electron chi connectivity index (χ1n) is 3.94. The highest BCUT2D eigenvalue weighted by molar-refractivity contribution is 5.90. The van der Waals surface area contributed by atoms with E-state index in [1.807, 2.05) is 0 Å². The summed E-state index contributed by atoms with van der Waals surface area (Å²) in [5, 5.41) is 0. The lowest BCUT2D eigenvalue weighted by Crippen LogP contribution is -2.05. The molecule has 1 amide bonds. The average molecular weight is 195 g/mol. The van der Waals surface area contributed by atoms with Crippen molar-refractivity contribution in [1.29, 1.82) is 0 Å². The molecule has 0 bridgehead atoms. The maximum atomic E-state index is 12.8. The predicted octanol–water partition coefficient (Wildman–Crippen LogP) is 1.33. The third kappa shape index (κ3) is 2.58. The van der Waals surface area contributed by atoms with Crippen molar-refractivity contribution >= 4 is 12.0 Å². The first-order valence-corrected chi connectivity index (χ1v) is 3.94. The third-order valence-electron chi connectivity index (χ3n) is 1.62. The molecule has 74 valence electrons. The molecular formula is C10H10FNO2. The number of carbonyl (C=O) groups excluding carboxylic acids is 1. The maximum Gasteiger partial charge on any atom is 0.241 e. The van der Waals surface area contributed by atoms with Gasteiger partial charge >= 0.3 is 0 Å². The van der Waals surface area contributed by atoms with Crippen LogP contribution in [0.15, 0.2) is 24.3 Å². The van der Waals surface area contributed by atoms with E-state index in [4.69, 9.17) is 10.5 Å². The van der Waals surface area contributed by atoms with E-state index in [1.54, 1.807) is 0 Å². The predicted molar refractivity (Wildman–Crippen MR) is 51.2 cm³/mol. The van der Waals surface area contributed by atoms with E-state index in [-0.39, 0.29) is 0 Å². The molecule has 0 saturated heterocycles. The van der Waals surface area contributed by atoms with E-state index in [0.717, 1.165) is 6.08 Å². The first-order chi connectivity index (χ1) is 6.63. The van der Waals surface area contributed by atoms with Gasteiger partial charge in [-0.05, 0) is 24.3 Å². The fourth-order valence-corrected chi connectivity index (χ4v) is 1.01. The van der Waals surface area contributed by atoms with Crippen LogP contribution >= 0.6 is 0 Å². The highest BCUT2D eigenvalue weighted by Gasteiger charge is 2.00. The Hall–Kier alpha value is -1.84. The van der Waals surface area contributed by atoms with Gasteiger partial charge in [-0.2, -0.15) is 0 Å². The van der Waals surface area contributed by atoms with Crippen molar-refractivity contribution in [3.8, 4) is 5.75 Å². The minimum atomic E-state index is -0.587. The molecule has 14 heavy (non-hydrogen) atoms. The zero-order valence-electron chi connectivity index (χ0n) is 7.66. The Balaban J connectivity index is 3.04. The lowest BCUT2D eigenvalue weighted by atomic mass is 10.2. The van der Waals surface area contributed by atoms with Gasteiger partial charge in [-0.3, -0.25) is 4.79 Å². The Bertz CT molecular complexity index is 374. The van der Waals surface area contributed by atoms with Gasteiger partial charge in [0, 0.05) is 11.6 Å². The van der Waals surface area contributed by atoms with Gasteiger partial charge in [-0.1, -0.05) is 0 Å². The van der Waals surface area contributed by atoms with Gasteiger partial charge in [0.15, 0.2) is 0 Å². The van der Waals surface area contributed by atoms with E-state index in [1.165, 1.54) is 31.4 Å². The van der Waals surface area contributed by atoms with Crippen molar-refractivity contribution in [3.63, 3.8) is 0 Å². The van der Waals surface area contributed by atoms with Crippen molar-refractivity contribution < 1.29 is 13.9 Å². The number of benzene rings is 1. The molecule has 0 atom stereocenters. The molecule has 0 fully saturated rings. The van der Waals surface area contributed by atoms with Crippen LogP contribution in [0.2, 0.25) is 0 Å². The Labute approximate surface area is 81.0 Å². The highest BCUT2D eigenvalue weighted by Crippen LogP contribution is 2.20. The monoisotopic (exact) mass is 195 g/mol. The second-order valence-corrected chi connectivity index (χ2v) is 2.62. The molecule has 4 heteroatoms. The number of ether oxygens (including phenoxy) is 1. The quantitative estimate of drug-likeness (QED) is 0.740. The number of primary amides is 1. The summed E-state index contributed by atoms with van der Waals surface area (Å²) in [7, 11) is 1.47. The van der Waals surface area contributed by atoms with Crippen molar-refractivity contribution in [2.24, 2.45) is 5.73 Å². The summed E-state index contributed by atoms with van der Waals surface area (Å²) in [4.78, 5) is 10.5. The van der Waals surface area contributed by atoms with Crippen molar-refractivity contribution in [2.45, 2.75) is 0 Å². The number of hydrogen-bond donors (Lipinski definition) is 1. The van der Waals surface area contributed by atoms with Gasteiger partial charge < -0.3 is 10.5 Å². The molecule has 0 aliphatic heterocycles. The number of amides is 1. The number of rotatable bonds is 3. The molecule has 0 unspecified atom stereocenters. The number of carbonyl (C=O) groups is 1. The number of hydrogen-bond acceptors (Lipinski definition) is 2. The van der Waals surface area contributed by atoms with Gasteiger partial charge in [0.1, 0.15) is 11.6 Å². The molecule has 1 aromatic rings. The fraction of sp³-hybridized carbons (Fsp3) is 0.100. The van der Waals surface area contributed by atoms with Crippen LogP contribution < -0.4 is 10.5 Å². The van der Waals surface area contributed by atoms with Crippen LogP contribution in [0.5, 0.6) is 5.75 Å². The summed E-state index contributed by atoms with van der Waals surface area (Å²) in [6, 6.07) is 4.02. The molecule has 0 radical (unpaired) electrons. The second-order valence-electron chi connectivity index (χ2n) is 2.62. The molecule has 3 nitrogen and oxygen atoms in total. The van der Waals surface area contributed by atoms with Crippen LogP contribution in [0, 0.1) is 5.82 Å². The molecule has 0 aromatic heterocycles. The van der Waals surface area contributed by atoms with E-state index >= 15 is 0 Å². The number of methoxy groups -OCH3 is 1. The summed E-state index contributed by atoms with van der Waals surface area (Å²) >= 11 is 0. The van der Waals surface area contributed by atoms with E-state index in [0.29, 0.717) is 11.3 Å². The van der Waals surface area contributed by atoms with Crippen molar-refractivity contribution in [1.82, 2.24) is 0 Å². The van der Waals surface area contributed by atoms with Gasteiger partial charge in [0.05, 0.1) is 7.11 Å². The topological polar surface area (TPSA) is 52.3 Å². The molecule has 1 rings (SSSR count). The smallest absolute Gasteiger partial charge is 0.241 e. The third-order valence-corrected chi connectivity index (χ3v) is 1.62. The lowest BCUT2D eigenvalue weighted by molar-refractivity contribution is -0.113. The van der Waals surface area contributed by atoms with E-state index in [2.05, 4.69) is 0 Å². The summed E-state index contributed by atoms with van der Waals surface area (Å²) < 4.78 is 17.8. The molecule has 0 aliphatic rings. The minimum Gasteiger partial charge on any atom is -0.496 e. The van der Waals surface area contributed by atoms with Gasteiger partial charge in [0.25, 0.3) is 0 Å². The highest BCUT2D eigenvalue weighted by atomic mass is 19.1. The molecular weight excluding hydrogens is 185 g/mol. The fourth-order valence-electron chi connectivity index (χ4n) is 1.01. The van der Waals surface area contributed by atoms with Crippen LogP contribution in [0.3, 0.4) is 0 Å². The van der Waals surface area contributed by atoms with Gasteiger partial charge in [-0.25, -0.2) is 4.39 Å². The second kappa shape index (κ2) is 4.41. The average Bonchev–Trinajstić information content (AvgIpc) is 2.15. The minimum absolute atomic E-state index is 0.394. The number of halogens is 1. The van der Waals surface area contributed by atoms with Crippen LogP contribution in [0.1, 0.15) is 5.56 Å². The Kier molecular flexibility index (Phi) is 3.23. The SMILES string of the molecule is COc1ccc(F)cc1C=CC(N)=O. The Morgan fingerprint density at radius 1 is 1.57 bits per heavy atom. The van der Waals surface area contributed by atoms with Crippen molar-refractivity contribution in [3.05, 3.63) is 35.7 Å². The summed E-state index contributed by atoms with van der Waals surface area (Å²) in [6.45, 7) is 0. The standard InChI is InChI=1S/C10H10FNO2/c1-14-9-4-3-8(11)6-7(9)2-5-10(12)13/h2-6H,1H3,(H2,12,13). The maximum absolute atomic E-state index is 12.8. The molecule has 0 heterocycles. The molecule has 0 aliphatic carbocycles. The number of nitrogens with two attached hydrogens (primary N) is 1. The van der Waals surface area contributed by atoms with Crippen LogP contribution in [-0.2, 0) is 4.79 Å². The Morgan fingerprint density at radius 2 is 2.29 bits per heavy atom. The summed E-state index contributed by atoms with van der Waals surface area (Å²) in [5.74, 6) is -0.491. The molecule has 0 spiro atoms. The van der Waals surface area contributed by atoms with Crippen molar-refractivity contribution in [2.75, 3.05) is 7.11 Å². The van der Waals surface area contributed by atoms with Crippen LogP contribution in [0.4, 0.5) is 4.39 Å². The largest absolute Gasteiger partial charge is 0.496 e. The normalized spacial score (nSPS) is 10.4. The van der Waals surface area contributed by atoms with Gasteiger partial charge in [0.2, 0.25) is 5.91 Å². The first kappa shape index (κ1) is 10.2. The van der Waals surface area contributed by atoms with Gasteiger partial charge in [-0.15, -0.1) is 0 Å². The van der Waals surface area contributed by atoms with E-state index < -0.39 is 11.7 Å². The summed E-state index contributed by atoms with van der Waals surface area (Å²) in [6.07, 6.45) is 2.56. The molecule has 1 aromatic carbocycles. The van der Waals surface area contributed by atoms with Crippen LogP contribution in [0.25, 0.3) is 6.08 Å². The van der Waals surface area contributed by atoms with Crippen LogP contribution in [-0.4, -0.2) is 13.0 Å². The molecule has 2 N–H and O–H groups in total. The Morgan fingerprint density at radius 3 is 2.86 bits per heavy atom.